The summed E-state index contributed by atoms with van der Waals surface area (Å²) in [5.41, 5.74) is 3.00. The normalized spacial score (nSPS) is 10.3. The van der Waals surface area contributed by atoms with E-state index in [0.717, 1.165) is 30.2 Å². The van der Waals surface area contributed by atoms with E-state index in [0.29, 0.717) is 12.2 Å². The van der Waals surface area contributed by atoms with Crippen molar-refractivity contribution in [2.75, 3.05) is 24.2 Å². The Hall–Kier alpha value is -1.94. The SMILES string of the molecule is CCOC(=O)c1ccc(NCCCSCc2ccccc2)cc1. The van der Waals surface area contributed by atoms with Crippen LogP contribution in [0, 0.1) is 0 Å². The van der Waals surface area contributed by atoms with Gasteiger partial charge in [-0.15, -0.1) is 0 Å². The number of esters is 1. The van der Waals surface area contributed by atoms with Gasteiger partial charge in [-0.05, 0) is 48.9 Å². The van der Waals surface area contributed by atoms with Crippen molar-refractivity contribution in [3.63, 3.8) is 0 Å². The fourth-order valence-corrected chi connectivity index (χ4v) is 3.03. The lowest BCUT2D eigenvalue weighted by atomic mass is 10.2. The number of carbonyl (C=O) groups excluding carboxylic acids is 1. The molecule has 0 saturated heterocycles. The lowest BCUT2D eigenvalue weighted by Gasteiger charge is -2.07. The van der Waals surface area contributed by atoms with Crippen molar-refractivity contribution >= 4 is 23.4 Å². The van der Waals surface area contributed by atoms with Gasteiger partial charge in [0.05, 0.1) is 12.2 Å². The molecule has 2 aromatic carbocycles. The summed E-state index contributed by atoms with van der Waals surface area (Å²) in [7, 11) is 0. The minimum absolute atomic E-state index is 0.267. The van der Waals surface area contributed by atoms with Gasteiger partial charge in [0.2, 0.25) is 0 Å². The molecule has 122 valence electrons. The molecular formula is C19H23NO2S. The molecule has 0 spiro atoms. The summed E-state index contributed by atoms with van der Waals surface area (Å²) in [5, 5.41) is 3.38. The molecule has 23 heavy (non-hydrogen) atoms. The van der Waals surface area contributed by atoms with Crippen molar-refractivity contribution in [1.82, 2.24) is 0 Å². The van der Waals surface area contributed by atoms with Gasteiger partial charge in [0, 0.05) is 18.0 Å². The van der Waals surface area contributed by atoms with Crippen LogP contribution in [0.3, 0.4) is 0 Å². The summed E-state index contributed by atoms with van der Waals surface area (Å²) >= 11 is 1.95. The molecular weight excluding hydrogens is 306 g/mol. The van der Waals surface area contributed by atoms with E-state index in [2.05, 4.69) is 29.6 Å². The third kappa shape index (κ3) is 6.37. The van der Waals surface area contributed by atoms with Crippen LogP contribution in [0.1, 0.15) is 29.3 Å². The van der Waals surface area contributed by atoms with Crippen LogP contribution in [0.15, 0.2) is 54.6 Å². The third-order valence-electron chi connectivity index (χ3n) is 3.30. The zero-order valence-electron chi connectivity index (χ0n) is 13.5. The molecule has 0 fully saturated rings. The van der Waals surface area contributed by atoms with E-state index >= 15 is 0 Å². The zero-order chi connectivity index (χ0) is 16.3. The van der Waals surface area contributed by atoms with Gasteiger partial charge in [0.15, 0.2) is 0 Å². The number of carbonyl (C=O) groups is 1. The molecule has 0 radical (unpaired) electrons. The summed E-state index contributed by atoms with van der Waals surface area (Å²) < 4.78 is 4.97. The van der Waals surface area contributed by atoms with Gasteiger partial charge in [0.25, 0.3) is 0 Å². The van der Waals surface area contributed by atoms with E-state index in [4.69, 9.17) is 4.74 Å². The maximum Gasteiger partial charge on any atom is 0.338 e. The van der Waals surface area contributed by atoms with E-state index in [-0.39, 0.29) is 5.97 Å². The number of anilines is 1. The van der Waals surface area contributed by atoms with Crippen LogP contribution >= 0.6 is 11.8 Å². The first-order valence-electron chi connectivity index (χ1n) is 7.92. The van der Waals surface area contributed by atoms with Crippen LogP contribution in [0.5, 0.6) is 0 Å². The van der Waals surface area contributed by atoms with Crippen molar-refractivity contribution in [3.05, 3.63) is 65.7 Å². The van der Waals surface area contributed by atoms with Gasteiger partial charge >= 0.3 is 5.97 Å². The van der Waals surface area contributed by atoms with Crippen molar-refractivity contribution in [3.8, 4) is 0 Å². The lowest BCUT2D eigenvalue weighted by Crippen LogP contribution is -2.06. The number of rotatable bonds is 9. The van der Waals surface area contributed by atoms with Gasteiger partial charge in [-0.3, -0.25) is 0 Å². The van der Waals surface area contributed by atoms with E-state index < -0.39 is 0 Å². The van der Waals surface area contributed by atoms with Crippen molar-refractivity contribution < 1.29 is 9.53 Å². The van der Waals surface area contributed by atoms with Crippen molar-refractivity contribution in [1.29, 1.82) is 0 Å². The highest BCUT2D eigenvalue weighted by molar-refractivity contribution is 7.98. The summed E-state index contributed by atoms with van der Waals surface area (Å²) in [5.74, 6) is 1.93. The molecule has 1 N–H and O–H groups in total. The van der Waals surface area contributed by atoms with Crippen LogP contribution in [-0.2, 0) is 10.5 Å². The van der Waals surface area contributed by atoms with Crippen LogP contribution in [0.4, 0.5) is 5.69 Å². The molecule has 0 bridgehead atoms. The van der Waals surface area contributed by atoms with E-state index in [1.807, 2.05) is 36.9 Å². The van der Waals surface area contributed by atoms with Gasteiger partial charge < -0.3 is 10.1 Å². The highest BCUT2D eigenvalue weighted by Gasteiger charge is 2.05. The van der Waals surface area contributed by atoms with Crippen LogP contribution in [-0.4, -0.2) is 24.9 Å². The van der Waals surface area contributed by atoms with Gasteiger partial charge in [0.1, 0.15) is 0 Å². The predicted octanol–water partition coefficient (Wildman–Crippen LogP) is 4.60. The minimum Gasteiger partial charge on any atom is -0.462 e. The Kier molecular flexibility index (Phi) is 7.54. The molecule has 0 aliphatic carbocycles. The first-order chi connectivity index (χ1) is 11.3. The molecule has 0 aromatic heterocycles. The molecule has 2 rings (SSSR count). The topological polar surface area (TPSA) is 38.3 Å². The summed E-state index contributed by atoms with van der Waals surface area (Å²) in [6, 6.07) is 18.0. The highest BCUT2D eigenvalue weighted by atomic mass is 32.2. The van der Waals surface area contributed by atoms with Crippen LogP contribution in [0.2, 0.25) is 0 Å². The Balaban J connectivity index is 1.61. The molecule has 0 saturated carbocycles. The van der Waals surface area contributed by atoms with Gasteiger partial charge in [-0.25, -0.2) is 4.79 Å². The van der Waals surface area contributed by atoms with E-state index in [9.17, 15) is 4.79 Å². The first kappa shape index (κ1) is 17.4. The number of ether oxygens (including phenoxy) is 1. The second kappa shape index (κ2) is 9.95. The average Bonchev–Trinajstić information content (AvgIpc) is 2.59. The van der Waals surface area contributed by atoms with Gasteiger partial charge in [-0.2, -0.15) is 11.8 Å². The molecule has 0 aliphatic rings. The van der Waals surface area contributed by atoms with Crippen molar-refractivity contribution in [2.45, 2.75) is 19.1 Å². The number of hydrogen-bond acceptors (Lipinski definition) is 4. The monoisotopic (exact) mass is 329 g/mol. The summed E-state index contributed by atoms with van der Waals surface area (Å²) in [6.07, 6.45) is 1.11. The molecule has 3 nitrogen and oxygen atoms in total. The van der Waals surface area contributed by atoms with E-state index in [1.54, 1.807) is 12.1 Å². The highest BCUT2D eigenvalue weighted by Crippen LogP contribution is 2.14. The fraction of sp³-hybridized carbons (Fsp3) is 0.316. The van der Waals surface area contributed by atoms with Crippen LogP contribution in [0.25, 0.3) is 0 Å². The smallest absolute Gasteiger partial charge is 0.338 e. The Morgan fingerprint density at radius 3 is 2.52 bits per heavy atom. The Bertz CT molecular complexity index is 584. The minimum atomic E-state index is -0.267. The van der Waals surface area contributed by atoms with E-state index in [1.165, 1.54) is 5.56 Å². The second-order valence-electron chi connectivity index (χ2n) is 5.12. The molecule has 0 heterocycles. The molecule has 0 amide bonds. The Labute approximate surface area is 142 Å². The molecule has 4 heteroatoms. The maximum absolute atomic E-state index is 11.6. The Morgan fingerprint density at radius 2 is 1.83 bits per heavy atom. The van der Waals surface area contributed by atoms with Crippen LogP contribution < -0.4 is 5.32 Å². The van der Waals surface area contributed by atoms with Crippen molar-refractivity contribution in [2.24, 2.45) is 0 Å². The zero-order valence-corrected chi connectivity index (χ0v) is 14.3. The lowest BCUT2D eigenvalue weighted by molar-refractivity contribution is 0.0526. The predicted molar refractivity (Wildman–Crippen MR) is 98.1 cm³/mol. The molecule has 2 aromatic rings. The number of benzene rings is 2. The van der Waals surface area contributed by atoms with Gasteiger partial charge in [-0.1, -0.05) is 30.3 Å². The second-order valence-corrected chi connectivity index (χ2v) is 6.22. The summed E-state index contributed by atoms with van der Waals surface area (Å²) in [6.45, 7) is 3.14. The third-order valence-corrected chi connectivity index (χ3v) is 4.42. The Morgan fingerprint density at radius 1 is 1.09 bits per heavy atom. The summed E-state index contributed by atoms with van der Waals surface area (Å²) in [4.78, 5) is 11.6. The maximum atomic E-state index is 11.6. The molecule has 0 unspecified atom stereocenters. The average molecular weight is 329 g/mol. The molecule has 0 aliphatic heterocycles. The number of nitrogens with one attached hydrogen (secondary N) is 1. The fourth-order valence-electron chi connectivity index (χ4n) is 2.11. The standard InChI is InChI=1S/C19H23NO2S/c1-2-22-19(21)17-9-11-18(12-10-17)20-13-6-14-23-15-16-7-4-3-5-8-16/h3-5,7-12,20H,2,6,13-15H2,1H3. The number of hydrogen-bond donors (Lipinski definition) is 1. The number of thioether (sulfide) groups is 1. The molecule has 0 atom stereocenters. The quantitative estimate of drug-likeness (QED) is 0.539. The largest absolute Gasteiger partial charge is 0.462 e. The first-order valence-corrected chi connectivity index (χ1v) is 9.08.